The van der Waals surface area contributed by atoms with Crippen LogP contribution in [0.2, 0.25) is 0 Å². The molecule has 2 heterocycles. The van der Waals surface area contributed by atoms with E-state index in [4.69, 9.17) is 13.9 Å². The molecule has 0 fully saturated rings. The first kappa shape index (κ1) is 25.4. The number of rotatable bonds is 4. The second kappa shape index (κ2) is 9.41. The predicted molar refractivity (Wildman–Crippen MR) is 134 cm³/mol. The van der Waals surface area contributed by atoms with Gasteiger partial charge in [-0.2, -0.15) is 0 Å². The summed E-state index contributed by atoms with van der Waals surface area (Å²) in [5, 5.41) is 3.78. The van der Waals surface area contributed by atoms with E-state index >= 15 is 0 Å². The molecule has 0 bridgehead atoms. The molecule has 2 aromatic rings. The first-order chi connectivity index (χ1) is 17.0. The number of hydrogen-bond donors (Lipinski definition) is 1. The van der Waals surface area contributed by atoms with Gasteiger partial charge in [0.2, 0.25) is 0 Å². The molecule has 2 aliphatic rings. The zero-order valence-corrected chi connectivity index (χ0v) is 21.5. The van der Waals surface area contributed by atoms with Crippen LogP contribution in [0.5, 0.6) is 0 Å². The fourth-order valence-electron chi connectivity index (χ4n) is 5.03. The summed E-state index contributed by atoms with van der Waals surface area (Å²) in [7, 11) is 1.19. The summed E-state index contributed by atoms with van der Waals surface area (Å²) in [6.07, 6.45) is 1.83. The van der Waals surface area contributed by atoms with E-state index in [9.17, 15) is 19.2 Å². The van der Waals surface area contributed by atoms with Gasteiger partial charge in [-0.1, -0.05) is 26.8 Å². The molecule has 0 spiro atoms. The van der Waals surface area contributed by atoms with Crippen molar-refractivity contribution in [3.05, 3.63) is 67.8 Å². The van der Waals surface area contributed by atoms with Crippen molar-refractivity contribution in [1.82, 2.24) is 5.32 Å². The number of benzene rings is 1. The second-order valence-electron chi connectivity index (χ2n) is 10.2. The highest BCUT2D eigenvalue weighted by atomic mass is 16.5. The summed E-state index contributed by atoms with van der Waals surface area (Å²) >= 11 is 0. The smallest absolute Gasteiger partial charge is 0.351 e. The lowest BCUT2D eigenvalue weighted by Crippen LogP contribution is -2.34. The Morgan fingerprint density at radius 1 is 1.11 bits per heavy atom. The molecule has 1 atom stereocenters. The van der Waals surface area contributed by atoms with Crippen molar-refractivity contribution >= 4 is 28.7 Å². The minimum Gasteiger partial charge on any atom is -0.465 e. The molecule has 1 aromatic heterocycles. The minimum absolute atomic E-state index is 0.0182. The van der Waals surface area contributed by atoms with Crippen LogP contribution in [0, 0.1) is 0 Å². The Bertz CT molecular complexity index is 1400. The number of dihydropyridines is 1. The third-order valence-electron chi connectivity index (χ3n) is 6.67. The maximum Gasteiger partial charge on any atom is 0.351 e. The van der Waals surface area contributed by atoms with Crippen LogP contribution in [0.15, 0.2) is 50.0 Å². The molecule has 1 unspecified atom stereocenters. The van der Waals surface area contributed by atoms with Gasteiger partial charge < -0.3 is 19.2 Å². The summed E-state index contributed by atoms with van der Waals surface area (Å²) in [6, 6.07) is 5.11. The van der Waals surface area contributed by atoms with Crippen LogP contribution >= 0.6 is 0 Å². The molecule has 4 rings (SSSR count). The number of Topliss-reactive ketones (excluding diaryl/α,β-unsaturated/α-hetero) is 1. The van der Waals surface area contributed by atoms with Crippen molar-refractivity contribution in [3.8, 4) is 0 Å². The summed E-state index contributed by atoms with van der Waals surface area (Å²) in [5.74, 6) is -1.97. The van der Waals surface area contributed by atoms with Gasteiger partial charge in [0.15, 0.2) is 5.78 Å². The number of ketones is 1. The molecule has 1 aromatic carbocycles. The molecule has 8 nitrogen and oxygen atoms in total. The molecule has 190 valence electrons. The third-order valence-corrected chi connectivity index (χ3v) is 6.67. The Labute approximate surface area is 209 Å². The number of ether oxygens (including phenoxy) is 2. The molecule has 1 aliphatic carbocycles. The van der Waals surface area contributed by atoms with Crippen molar-refractivity contribution in [2.75, 3.05) is 13.7 Å². The van der Waals surface area contributed by atoms with Crippen LogP contribution in [-0.2, 0) is 24.5 Å². The highest BCUT2D eigenvalue weighted by Gasteiger charge is 2.40. The molecular weight excluding hydrogens is 462 g/mol. The van der Waals surface area contributed by atoms with Crippen LogP contribution in [-0.4, -0.2) is 31.4 Å². The van der Waals surface area contributed by atoms with E-state index in [2.05, 4.69) is 5.32 Å². The molecular formula is C28H31NO7. The molecule has 0 radical (unpaired) electrons. The highest BCUT2D eigenvalue weighted by Crippen LogP contribution is 2.44. The Kier molecular flexibility index (Phi) is 6.64. The quantitative estimate of drug-likeness (QED) is 0.493. The van der Waals surface area contributed by atoms with Gasteiger partial charge in [-0.25, -0.2) is 14.4 Å². The van der Waals surface area contributed by atoms with Crippen LogP contribution in [0.1, 0.15) is 81.3 Å². The van der Waals surface area contributed by atoms with Crippen LogP contribution in [0.3, 0.4) is 0 Å². The van der Waals surface area contributed by atoms with E-state index < -0.39 is 28.9 Å². The second-order valence-corrected chi connectivity index (χ2v) is 10.2. The normalized spacial score (nSPS) is 18.2. The summed E-state index contributed by atoms with van der Waals surface area (Å²) in [4.78, 5) is 51.2. The van der Waals surface area contributed by atoms with Gasteiger partial charge in [0.05, 0.1) is 19.3 Å². The number of allylic oxidation sites excluding steroid dienone is 3. The standard InChI is InChI=1S/C28H31NO7/c1-7-35-27(33)21-14(2)29-19-9-8-10-20(30)23(19)22(21)15-11-16-12-17(25(31)34-6)26(32)36-24(16)18(13-15)28(3,4)5/h11-13,22,29H,7-10H2,1-6H3. The zero-order chi connectivity index (χ0) is 26.4. The number of carbonyl (C=O) groups is 3. The monoisotopic (exact) mass is 493 g/mol. The molecule has 8 heteroatoms. The predicted octanol–water partition coefficient (Wildman–Crippen LogP) is 4.41. The van der Waals surface area contributed by atoms with Gasteiger partial charge in [-0.3, -0.25) is 4.79 Å². The van der Waals surface area contributed by atoms with Gasteiger partial charge in [0.25, 0.3) is 0 Å². The Morgan fingerprint density at radius 2 is 1.83 bits per heavy atom. The van der Waals surface area contributed by atoms with Crippen LogP contribution in [0.4, 0.5) is 0 Å². The number of carbonyl (C=O) groups excluding carboxylic acids is 3. The molecule has 1 aliphatic heterocycles. The number of esters is 2. The summed E-state index contributed by atoms with van der Waals surface area (Å²) < 4.78 is 15.8. The fourth-order valence-corrected chi connectivity index (χ4v) is 5.03. The lowest BCUT2D eigenvalue weighted by molar-refractivity contribution is -0.138. The van der Waals surface area contributed by atoms with Crippen molar-refractivity contribution in [3.63, 3.8) is 0 Å². The Hall–Kier alpha value is -3.68. The number of nitrogens with one attached hydrogen (secondary N) is 1. The lowest BCUT2D eigenvalue weighted by atomic mass is 9.73. The van der Waals surface area contributed by atoms with E-state index in [0.29, 0.717) is 51.8 Å². The van der Waals surface area contributed by atoms with Gasteiger partial charge in [0.1, 0.15) is 11.1 Å². The lowest BCUT2D eigenvalue weighted by Gasteiger charge is -2.35. The van der Waals surface area contributed by atoms with E-state index in [0.717, 1.165) is 12.1 Å². The maximum absolute atomic E-state index is 13.2. The maximum atomic E-state index is 13.2. The first-order valence-electron chi connectivity index (χ1n) is 12.1. The van der Waals surface area contributed by atoms with Crippen molar-refractivity contribution in [2.45, 2.75) is 65.2 Å². The first-order valence-corrected chi connectivity index (χ1v) is 12.1. The average molecular weight is 494 g/mol. The molecule has 36 heavy (non-hydrogen) atoms. The van der Waals surface area contributed by atoms with E-state index in [-0.39, 0.29) is 18.0 Å². The Balaban J connectivity index is 2.06. The SMILES string of the molecule is CCOC(=O)C1=C(C)NC2=C(C(=O)CCC2)C1c1cc(C(C)(C)C)c2oc(=O)c(C(=O)OC)cc2c1. The average Bonchev–Trinajstić information content (AvgIpc) is 2.81. The van der Waals surface area contributed by atoms with E-state index in [1.807, 2.05) is 33.8 Å². The number of fused-ring (bicyclic) bond motifs is 1. The largest absolute Gasteiger partial charge is 0.465 e. The van der Waals surface area contributed by atoms with Crippen LogP contribution < -0.4 is 10.9 Å². The van der Waals surface area contributed by atoms with Crippen LogP contribution in [0.25, 0.3) is 11.0 Å². The summed E-state index contributed by atoms with van der Waals surface area (Å²) in [6.45, 7) is 9.67. The topological polar surface area (TPSA) is 112 Å². The molecule has 1 N–H and O–H groups in total. The number of methoxy groups -OCH3 is 1. The van der Waals surface area contributed by atoms with Gasteiger partial charge in [-0.15, -0.1) is 0 Å². The van der Waals surface area contributed by atoms with Gasteiger partial charge in [-0.05, 0) is 49.8 Å². The fraction of sp³-hybridized carbons (Fsp3) is 0.429. The van der Waals surface area contributed by atoms with Gasteiger partial charge >= 0.3 is 17.6 Å². The third kappa shape index (κ3) is 4.36. The van der Waals surface area contributed by atoms with Crippen molar-refractivity contribution < 1.29 is 28.3 Å². The zero-order valence-electron chi connectivity index (χ0n) is 21.5. The van der Waals surface area contributed by atoms with Crippen molar-refractivity contribution in [1.29, 1.82) is 0 Å². The highest BCUT2D eigenvalue weighted by molar-refractivity contribution is 6.04. The Morgan fingerprint density at radius 3 is 2.47 bits per heavy atom. The molecule has 0 saturated carbocycles. The molecule has 0 amide bonds. The summed E-state index contributed by atoms with van der Waals surface area (Å²) in [5.41, 5.74) is 2.66. The van der Waals surface area contributed by atoms with E-state index in [1.165, 1.54) is 13.2 Å². The molecule has 0 saturated heterocycles. The number of hydrogen-bond acceptors (Lipinski definition) is 8. The van der Waals surface area contributed by atoms with Gasteiger partial charge in [0, 0.05) is 40.3 Å². The van der Waals surface area contributed by atoms with Crippen molar-refractivity contribution in [2.24, 2.45) is 0 Å². The minimum atomic E-state index is -0.800. The van der Waals surface area contributed by atoms with E-state index in [1.54, 1.807) is 13.0 Å².